The molecular formula is C18H19F3N2O3S. The van der Waals surface area contributed by atoms with E-state index in [2.05, 4.69) is 9.69 Å². The summed E-state index contributed by atoms with van der Waals surface area (Å²) in [5.74, 6) is -1.27. The Morgan fingerprint density at radius 1 is 1.22 bits per heavy atom. The number of rotatable bonds is 5. The number of benzene rings is 1. The Balaban J connectivity index is 2.46. The molecule has 5 nitrogen and oxygen atoms in total. The molecule has 0 aliphatic carbocycles. The molecule has 2 aromatic rings. The molecule has 0 fully saturated rings. The zero-order valence-corrected chi connectivity index (χ0v) is 16.0. The third-order valence-electron chi connectivity index (χ3n) is 4.13. The number of ether oxygens (including phenoxy) is 1. The molecule has 0 atom stereocenters. The molecule has 9 heteroatoms. The summed E-state index contributed by atoms with van der Waals surface area (Å²) in [5.41, 5.74) is -1.87. The SMILES string of the molecule is CCC(C)(C)c1c(C(F)(F)F)nsc1NC(=O)c1ccccc1OC(C)=O. The highest BCUT2D eigenvalue weighted by atomic mass is 32.1. The molecule has 1 amide bonds. The maximum absolute atomic E-state index is 13.4. The van der Waals surface area contributed by atoms with Gasteiger partial charge in [0.1, 0.15) is 10.8 Å². The second-order valence-corrected chi connectivity index (χ2v) is 7.29. The second kappa shape index (κ2) is 7.67. The van der Waals surface area contributed by atoms with Crippen LogP contribution in [0, 0.1) is 0 Å². The van der Waals surface area contributed by atoms with Crippen molar-refractivity contribution in [1.82, 2.24) is 4.37 Å². The van der Waals surface area contributed by atoms with Gasteiger partial charge in [0.05, 0.1) is 5.56 Å². The zero-order chi connectivity index (χ0) is 20.4. The molecule has 0 spiro atoms. The van der Waals surface area contributed by atoms with Gasteiger partial charge in [0.2, 0.25) is 0 Å². The number of carbonyl (C=O) groups is 2. The summed E-state index contributed by atoms with van der Waals surface area (Å²) in [5, 5.41) is 2.52. The minimum Gasteiger partial charge on any atom is -0.426 e. The number of anilines is 1. The molecule has 0 saturated carbocycles. The molecule has 0 unspecified atom stereocenters. The van der Waals surface area contributed by atoms with Crippen molar-refractivity contribution in [2.75, 3.05) is 5.32 Å². The number of aromatic nitrogens is 1. The number of halogens is 3. The molecule has 1 aromatic carbocycles. The van der Waals surface area contributed by atoms with E-state index in [4.69, 9.17) is 4.74 Å². The lowest BCUT2D eigenvalue weighted by atomic mass is 9.81. The fourth-order valence-corrected chi connectivity index (χ4v) is 3.42. The van der Waals surface area contributed by atoms with Crippen LogP contribution in [0.1, 0.15) is 55.7 Å². The minimum atomic E-state index is -4.63. The van der Waals surface area contributed by atoms with E-state index in [-0.39, 0.29) is 21.9 Å². The van der Waals surface area contributed by atoms with Crippen LogP contribution < -0.4 is 10.1 Å². The van der Waals surface area contributed by atoms with Crippen LogP contribution in [0.4, 0.5) is 18.2 Å². The van der Waals surface area contributed by atoms with Crippen LogP contribution in [0.3, 0.4) is 0 Å². The largest absolute Gasteiger partial charge is 0.434 e. The molecular weight excluding hydrogens is 381 g/mol. The van der Waals surface area contributed by atoms with Crippen LogP contribution in [0.5, 0.6) is 5.75 Å². The molecule has 1 N–H and O–H groups in total. The Morgan fingerprint density at radius 3 is 2.41 bits per heavy atom. The number of amides is 1. The van der Waals surface area contributed by atoms with Crippen LogP contribution in [0.2, 0.25) is 0 Å². The van der Waals surface area contributed by atoms with E-state index in [0.29, 0.717) is 18.0 Å². The van der Waals surface area contributed by atoms with E-state index in [1.165, 1.54) is 19.1 Å². The van der Waals surface area contributed by atoms with Gasteiger partial charge in [0.15, 0.2) is 5.69 Å². The smallest absolute Gasteiger partial charge is 0.426 e. The highest BCUT2D eigenvalue weighted by molar-refractivity contribution is 7.10. The summed E-state index contributed by atoms with van der Waals surface area (Å²) >= 11 is 0.578. The van der Waals surface area contributed by atoms with Crippen molar-refractivity contribution in [2.45, 2.75) is 45.7 Å². The van der Waals surface area contributed by atoms with Gasteiger partial charge in [-0.3, -0.25) is 9.59 Å². The van der Waals surface area contributed by atoms with Gasteiger partial charge in [-0.05, 0) is 35.5 Å². The standard InChI is InChI=1S/C18H19F3N2O3S/c1-5-17(3,4)13-14(18(19,20)21)23-27-16(13)22-15(25)11-8-6-7-9-12(11)26-10(2)24/h6-9H,5H2,1-4H3,(H,22,25). The van der Waals surface area contributed by atoms with Gasteiger partial charge in [-0.15, -0.1) is 0 Å². The molecule has 0 radical (unpaired) electrons. The first-order valence-corrected chi connectivity index (χ1v) is 8.91. The van der Waals surface area contributed by atoms with Gasteiger partial charge in [-0.1, -0.05) is 32.9 Å². The number of hydrogen-bond acceptors (Lipinski definition) is 5. The Kier molecular flexibility index (Phi) is 5.94. The van der Waals surface area contributed by atoms with Crippen molar-refractivity contribution in [2.24, 2.45) is 0 Å². The summed E-state index contributed by atoms with van der Waals surface area (Å²) in [7, 11) is 0. The summed E-state index contributed by atoms with van der Waals surface area (Å²) < 4.78 is 48.6. The summed E-state index contributed by atoms with van der Waals surface area (Å²) in [6, 6.07) is 5.99. The fraction of sp³-hybridized carbons (Fsp3) is 0.389. The maximum Gasteiger partial charge on any atom is 0.434 e. The number of carbonyl (C=O) groups excluding carboxylic acids is 2. The van der Waals surface area contributed by atoms with Crippen molar-refractivity contribution in [3.8, 4) is 5.75 Å². The van der Waals surface area contributed by atoms with E-state index in [0.717, 1.165) is 0 Å². The third kappa shape index (κ3) is 4.65. The van der Waals surface area contributed by atoms with Crippen molar-refractivity contribution < 1.29 is 27.5 Å². The first-order valence-electron chi connectivity index (χ1n) is 8.13. The molecule has 27 heavy (non-hydrogen) atoms. The molecule has 0 aliphatic rings. The summed E-state index contributed by atoms with van der Waals surface area (Å²) in [4.78, 5) is 23.8. The molecule has 0 saturated heterocycles. The predicted molar refractivity (Wildman–Crippen MR) is 96.1 cm³/mol. The van der Waals surface area contributed by atoms with Gasteiger partial charge in [-0.2, -0.15) is 17.5 Å². The normalized spacial score (nSPS) is 12.0. The lowest BCUT2D eigenvalue weighted by Crippen LogP contribution is -2.24. The van der Waals surface area contributed by atoms with Gasteiger partial charge in [0, 0.05) is 12.5 Å². The van der Waals surface area contributed by atoms with E-state index in [9.17, 15) is 22.8 Å². The summed E-state index contributed by atoms with van der Waals surface area (Å²) in [6.45, 7) is 6.28. The van der Waals surface area contributed by atoms with Crippen molar-refractivity contribution >= 4 is 28.4 Å². The highest BCUT2D eigenvalue weighted by Gasteiger charge is 2.42. The van der Waals surface area contributed by atoms with E-state index >= 15 is 0 Å². The van der Waals surface area contributed by atoms with Crippen molar-refractivity contribution in [3.05, 3.63) is 41.1 Å². The zero-order valence-electron chi connectivity index (χ0n) is 15.2. The molecule has 0 bridgehead atoms. The van der Waals surface area contributed by atoms with Crippen LogP contribution >= 0.6 is 11.5 Å². The Bertz CT molecular complexity index is 860. The lowest BCUT2D eigenvalue weighted by Gasteiger charge is -2.25. The Hall–Kier alpha value is -2.42. The quantitative estimate of drug-likeness (QED) is 0.565. The van der Waals surface area contributed by atoms with E-state index in [1.807, 2.05) is 0 Å². The third-order valence-corrected chi connectivity index (χ3v) is 4.90. The van der Waals surface area contributed by atoms with Crippen LogP contribution in [0.15, 0.2) is 24.3 Å². The van der Waals surface area contributed by atoms with Gasteiger partial charge < -0.3 is 10.1 Å². The highest BCUT2D eigenvalue weighted by Crippen LogP contribution is 2.44. The topological polar surface area (TPSA) is 68.3 Å². The van der Waals surface area contributed by atoms with Crippen LogP contribution in [-0.4, -0.2) is 16.3 Å². The number of nitrogens with zero attached hydrogens (tertiary/aromatic N) is 1. The fourth-order valence-electron chi connectivity index (χ4n) is 2.44. The van der Waals surface area contributed by atoms with Crippen molar-refractivity contribution in [1.29, 1.82) is 0 Å². The monoisotopic (exact) mass is 400 g/mol. The number of esters is 1. The minimum absolute atomic E-state index is 0.0248. The average Bonchev–Trinajstić information content (AvgIpc) is 2.99. The predicted octanol–water partition coefficient (Wildman–Crippen LogP) is 5.03. The summed E-state index contributed by atoms with van der Waals surface area (Å²) in [6.07, 6.45) is -4.21. The Labute approximate surface area is 158 Å². The van der Waals surface area contributed by atoms with Crippen LogP contribution in [0.25, 0.3) is 0 Å². The first kappa shape index (κ1) is 20.9. The lowest BCUT2D eigenvalue weighted by molar-refractivity contribution is -0.141. The maximum atomic E-state index is 13.4. The number of alkyl halides is 3. The molecule has 2 rings (SSSR count). The van der Waals surface area contributed by atoms with Gasteiger partial charge in [0.25, 0.3) is 5.91 Å². The Morgan fingerprint density at radius 2 is 1.85 bits per heavy atom. The molecule has 146 valence electrons. The number of nitrogens with one attached hydrogen (secondary N) is 1. The average molecular weight is 400 g/mol. The molecule has 0 aliphatic heterocycles. The molecule has 1 aromatic heterocycles. The molecule has 1 heterocycles. The van der Waals surface area contributed by atoms with Crippen LogP contribution in [-0.2, 0) is 16.4 Å². The van der Waals surface area contributed by atoms with Gasteiger partial charge >= 0.3 is 12.1 Å². The van der Waals surface area contributed by atoms with E-state index in [1.54, 1.807) is 32.9 Å². The van der Waals surface area contributed by atoms with Gasteiger partial charge in [-0.25, -0.2) is 0 Å². The number of para-hydroxylation sites is 1. The van der Waals surface area contributed by atoms with E-state index < -0.39 is 29.2 Å². The first-order chi connectivity index (χ1) is 12.5. The van der Waals surface area contributed by atoms with Crippen molar-refractivity contribution in [3.63, 3.8) is 0 Å². The number of hydrogen-bond donors (Lipinski definition) is 1. The second-order valence-electron chi connectivity index (χ2n) is 6.51.